The molecule has 1 heteroatoms. The van der Waals surface area contributed by atoms with Gasteiger partial charge in [0.05, 0.1) is 15.1 Å². The number of hydrogen-bond donors (Lipinski definition) is 0. The van der Waals surface area contributed by atoms with Gasteiger partial charge in [0.1, 0.15) is 11.2 Å². The minimum Gasteiger partial charge on any atom is -0.456 e. The van der Waals surface area contributed by atoms with Gasteiger partial charge in [0.15, 0.2) is 0 Å². The van der Waals surface area contributed by atoms with Crippen LogP contribution in [0, 0.1) is 0 Å². The van der Waals surface area contributed by atoms with Crippen LogP contribution in [0.4, 0.5) is 0 Å². The first kappa shape index (κ1) is 16.8. The van der Waals surface area contributed by atoms with E-state index in [0.717, 1.165) is 43.8 Å². The predicted octanol–water partition coefficient (Wildman–Crippen LogP) is 12.6. The van der Waals surface area contributed by atoms with Crippen molar-refractivity contribution in [1.29, 1.82) is 0 Å². The average molecular weight is 584 g/mol. The molecular weight excluding hydrogens is 544 g/mol. The van der Waals surface area contributed by atoms with Gasteiger partial charge in [-0.25, -0.2) is 0 Å². The Bertz CT molecular complexity index is 3070. The van der Waals surface area contributed by atoms with Crippen molar-refractivity contribution < 1.29 is 19.5 Å². The second kappa shape index (κ2) is 10.4. The Morgan fingerprint density at radius 3 is 1.67 bits per heavy atom. The molecule has 0 aliphatic heterocycles. The van der Waals surface area contributed by atoms with Gasteiger partial charge in [-0.3, -0.25) is 0 Å². The van der Waals surface area contributed by atoms with Crippen molar-refractivity contribution in [3.63, 3.8) is 0 Å². The lowest BCUT2D eigenvalue weighted by Crippen LogP contribution is -1.93. The minimum absolute atomic E-state index is 0.0465. The molecule has 9 aromatic rings. The Hall–Kier alpha value is -5.92. The molecule has 0 saturated carbocycles. The van der Waals surface area contributed by atoms with Crippen molar-refractivity contribution >= 4 is 43.5 Å². The van der Waals surface area contributed by atoms with Gasteiger partial charge >= 0.3 is 0 Å². The summed E-state index contributed by atoms with van der Waals surface area (Å²) in [5.41, 5.74) is 3.51. The smallest absolute Gasteiger partial charge is 0.136 e. The third kappa shape index (κ3) is 4.09. The summed E-state index contributed by atoms with van der Waals surface area (Å²) in [6.07, 6.45) is 0. The maximum atomic E-state index is 9.45. The molecule has 8 aromatic carbocycles. The highest BCUT2D eigenvalue weighted by Gasteiger charge is 2.21. The van der Waals surface area contributed by atoms with Crippen molar-refractivity contribution in [3.05, 3.63) is 170 Å². The molecule has 0 aliphatic rings. The molecule has 45 heavy (non-hydrogen) atoms. The molecule has 9 rings (SSSR count). The van der Waals surface area contributed by atoms with Crippen molar-refractivity contribution in [2.24, 2.45) is 0 Å². The molecule has 0 amide bonds. The van der Waals surface area contributed by atoms with Crippen LogP contribution in [0.2, 0.25) is 0 Å². The van der Waals surface area contributed by atoms with Crippen LogP contribution in [0.5, 0.6) is 0 Å². The standard InChI is InChI=1S/C44H28O/c1-3-14-29(15-4-1)31-26-27-38-41(28-31)45-40-25-13-24-39(44(38)40)43-36-22-11-9-20-34(36)42(35-21-10-12-23-37(35)43)33-19-8-7-18-32(33)30-16-5-2-6-17-30/h1-28H/i1D,3D,4D,13D,14D,15D,24D,25D,26D,27D,28D. The molecule has 0 fully saturated rings. The van der Waals surface area contributed by atoms with Gasteiger partial charge in [0.25, 0.3) is 0 Å². The Morgan fingerprint density at radius 2 is 0.978 bits per heavy atom. The molecule has 1 heterocycles. The number of hydrogen-bond acceptors (Lipinski definition) is 1. The van der Waals surface area contributed by atoms with E-state index in [2.05, 4.69) is 24.3 Å². The largest absolute Gasteiger partial charge is 0.456 e. The summed E-state index contributed by atoms with van der Waals surface area (Å²) in [5.74, 6) is 0. The second-order valence-corrected chi connectivity index (χ2v) is 10.8. The van der Waals surface area contributed by atoms with Crippen molar-refractivity contribution in [2.45, 2.75) is 0 Å². The van der Waals surface area contributed by atoms with Crippen LogP contribution in [0.3, 0.4) is 0 Å². The minimum atomic E-state index is -0.655. The zero-order valence-electron chi connectivity index (χ0n) is 34.7. The van der Waals surface area contributed by atoms with Gasteiger partial charge < -0.3 is 4.42 Å². The molecule has 0 spiro atoms. The highest BCUT2D eigenvalue weighted by Crippen LogP contribution is 2.48. The highest BCUT2D eigenvalue weighted by atomic mass is 16.3. The summed E-state index contributed by atoms with van der Waals surface area (Å²) in [5, 5.41) is 3.22. The van der Waals surface area contributed by atoms with E-state index in [9.17, 15) is 4.11 Å². The summed E-state index contributed by atoms with van der Waals surface area (Å²) >= 11 is 0. The summed E-state index contributed by atoms with van der Waals surface area (Å²) in [4.78, 5) is 0. The van der Waals surface area contributed by atoms with Gasteiger partial charge in [-0.05, 0) is 84.2 Å². The lowest BCUT2D eigenvalue weighted by molar-refractivity contribution is 0.669. The SMILES string of the molecule is [2H]c1c([2H])c([2H])c(-c2c([2H])c([2H])c3c(oc4c([2H])c([2H])c([2H])c(-c5c6ccccc6c(-c6ccccc6-c6ccccc6)c6ccccc56)c43)c2[2H])c([2H])c1[2H]. The fraction of sp³-hybridized carbons (Fsp3) is 0. The normalized spacial score (nSPS) is 15.0. The Kier molecular flexibility index (Phi) is 3.87. The zero-order valence-corrected chi connectivity index (χ0v) is 23.7. The van der Waals surface area contributed by atoms with E-state index in [4.69, 9.17) is 15.4 Å². The maximum Gasteiger partial charge on any atom is 0.136 e. The third-order valence-electron chi connectivity index (χ3n) is 8.29. The zero-order chi connectivity index (χ0) is 39.3. The molecule has 0 atom stereocenters. The fourth-order valence-corrected chi connectivity index (χ4v) is 6.39. The third-order valence-corrected chi connectivity index (χ3v) is 8.29. The topological polar surface area (TPSA) is 13.1 Å². The molecule has 0 aliphatic carbocycles. The predicted molar refractivity (Wildman–Crippen MR) is 190 cm³/mol. The van der Waals surface area contributed by atoms with Gasteiger partial charge in [0, 0.05) is 10.8 Å². The Balaban J connectivity index is 1.45. The van der Waals surface area contributed by atoms with E-state index < -0.39 is 66.0 Å². The average Bonchev–Trinajstić information content (AvgIpc) is 3.63. The molecule has 0 saturated heterocycles. The van der Waals surface area contributed by atoms with E-state index in [-0.39, 0.29) is 39.1 Å². The Morgan fingerprint density at radius 1 is 0.378 bits per heavy atom. The first-order valence-electron chi connectivity index (χ1n) is 20.1. The first-order chi connectivity index (χ1) is 26.9. The van der Waals surface area contributed by atoms with Gasteiger partial charge in [-0.2, -0.15) is 0 Å². The first-order valence-corrected chi connectivity index (χ1v) is 14.6. The van der Waals surface area contributed by atoms with Gasteiger partial charge in [-0.1, -0.05) is 151 Å². The van der Waals surface area contributed by atoms with Crippen molar-refractivity contribution in [1.82, 2.24) is 0 Å². The summed E-state index contributed by atoms with van der Waals surface area (Å²) in [6, 6.07) is 27.8. The lowest BCUT2D eigenvalue weighted by atomic mass is 9.83. The summed E-state index contributed by atoms with van der Waals surface area (Å²) in [7, 11) is 0. The van der Waals surface area contributed by atoms with Crippen LogP contribution in [0.15, 0.2) is 174 Å². The molecule has 0 N–H and O–H groups in total. The highest BCUT2D eigenvalue weighted by molar-refractivity contribution is 6.26. The van der Waals surface area contributed by atoms with E-state index in [1.165, 1.54) is 0 Å². The van der Waals surface area contributed by atoms with Crippen molar-refractivity contribution in [3.8, 4) is 44.5 Å². The van der Waals surface area contributed by atoms with E-state index in [1.54, 1.807) is 0 Å². The Labute approximate surface area is 277 Å². The monoisotopic (exact) mass is 583 g/mol. The molecule has 210 valence electrons. The molecule has 0 unspecified atom stereocenters. The number of fused-ring (bicyclic) bond motifs is 5. The van der Waals surface area contributed by atoms with Crippen LogP contribution in [0.1, 0.15) is 15.1 Å². The maximum absolute atomic E-state index is 9.45. The quantitative estimate of drug-likeness (QED) is 0.188. The van der Waals surface area contributed by atoms with Crippen LogP contribution in [-0.4, -0.2) is 0 Å². The molecule has 0 bridgehead atoms. The number of furan rings is 1. The van der Waals surface area contributed by atoms with E-state index >= 15 is 0 Å². The number of rotatable bonds is 4. The number of benzene rings is 8. The summed E-state index contributed by atoms with van der Waals surface area (Å²) < 4.78 is 103. The van der Waals surface area contributed by atoms with Crippen molar-refractivity contribution in [2.75, 3.05) is 0 Å². The van der Waals surface area contributed by atoms with Gasteiger partial charge in [-0.15, -0.1) is 0 Å². The van der Waals surface area contributed by atoms with Gasteiger partial charge in [0.2, 0.25) is 0 Å². The molecule has 0 radical (unpaired) electrons. The fourth-order valence-electron chi connectivity index (χ4n) is 6.39. The van der Waals surface area contributed by atoms with E-state index in [0.29, 0.717) is 5.56 Å². The molecule has 1 nitrogen and oxygen atoms in total. The van der Waals surface area contributed by atoms with Crippen LogP contribution >= 0.6 is 0 Å². The second-order valence-electron chi connectivity index (χ2n) is 10.8. The lowest BCUT2D eigenvalue weighted by Gasteiger charge is -2.20. The van der Waals surface area contributed by atoms with Crippen LogP contribution in [0.25, 0.3) is 88.0 Å². The van der Waals surface area contributed by atoms with Crippen LogP contribution in [-0.2, 0) is 0 Å². The van der Waals surface area contributed by atoms with E-state index in [1.807, 2.05) is 78.9 Å². The molecule has 1 aromatic heterocycles. The molecular formula is C44H28O. The summed E-state index contributed by atoms with van der Waals surface area (Å²) in [6.45, 7) is 0. The van der Waals surface area contributed by atoms with Crippen LogP contribution < -0.4 is 0 Å².